The number of imidazole rings is 1. The molecule has 1 atom stereocenters. The molecule has 0 saturated carbocycles. The lowest BCUT2D eigenvalue weighted by atomic mass is 9.98. The molecule has 1 amide bonds. The van der Waals surface area contributed by atoms with E-state index in [2.05, 4.69) is 20.6 Å². The molecule has 2 aliphatic rings. The quantitative estimate of drug-likeness (QED) is 0.576. The van der Waals surface area contributed by atoms with E-state index < -0.39 is 0 Å². The number of carbonyl (C=O) groups excluding carboxylic acids is 2. The van der Waals surface area contributed by atoms with Crippen molar-refractivity contribution in [2.24, 2.45) is 0 Å². The van der Waals surface area contributed by atoms with E-state index in [1.807, 2.05) is 32.1 Å². The highest BCUT2D eigenvalue weighted by Gasteiger charge is 2.25. The van der Waals surface area contributed by atoms with Crippen LogP contribution in [0.25, 0.3) is 16.6 Å². The molecule has 0 radical (unpaired) electrons. The number of H-pyrrole nitrogens is 1. The zero-order chi connectivity index (χ0) is 22.4. The van der Waals surface area contributed by atoms with Crippen LogP contribution in [0.4, 0.5) is 4.39 Å². The van der Waals surface area contributed by atoms with Crippen LogP contribution in [0.3, 0.4) is 0 Å². The van der Waals surface area contributed by atoms with Gasteiger partial charge in [0.25, 0.3) is 5.91 Å². The van der Waals surface area contributed by atoms with Crippen molar-refractivity contribution >= 4 is 28.3 Å². The molecule has 5 rings (SSSR count). The van der Waals surface area contributed by atoms with Gasteiger partial charge in [-0.25, -0.2) is 9.37 Å². The molecule has 3 aromatic rings. The molecule has 0 bridgehead atoms. The Bertz CT molecular complexity index is 1340. The maximum atomic E-state index is 13.7. The predicted octanol–water partition coefficient (Wildman–Crippen LogP) is 3.71. The van der Waals surface area contributed by atoms with Crippen LogP contribution < -0.4 is 10.6 Å². The summed E-state index contributed by atoms with van der Waals surface area (Å²) in [6.45, 7) is 4.46. The first-order valence-electron chi connectivity index (χ1n) is 10.7. The van der Waals surface area contributed by atoms with Gasteiger partial charge in [-0.2, -0.15) is 0 Å². The number of allylic oxidation sites excluding steroid dienone is 3. The fourth-order valence-corrected chi connectivity index (χ4v) is 4.35. The number of halogens is 1. The number of amides is 1. The summed E-state index contributed by atoms with van der Waals surface area (Å²) in [5, 5.41) is 6.22. The van der Waals surface area contributed by atoms with Gasteiger partial charge in [0.15, 0.2) is 5.78 Å². The number of ketones is 1. The molecule has 1 aliphatic carbocycles. The van der Waals surface area contributed by atoms with E-state index in [4.69, 9.17) is 0 Å². The van der Waals surface area contributed by atoms with Gasteiger partial charge in [-0.1, -0.05) is 12.1 Å². The first-order chi connectivity index (χ1) is 15.4. The smallest absolute Gasteiger partial charge is 0.251 e. The van der Waals surface area contributed by atoms with E-state index in [-0.39, 0.29) is 23.5 Å². The van der Waals surface area contributed by atoms with E-state index in [1.165, 1.54) is 6.07 Å². The van der Waals surface area contributed by atoms with E-state index in [0.29, 0.717) is 47.6 Å². The number of Topliss-reactive ketones (excluding diaryl/α,β-unsaturated/α-hetero) is 1. The topological polar surface area (TPSA) is 86.9 Å². The minimum absolute atomic E-state index is 0.0338. The first-order valence-corrected chi connectivity index (χ1v) is 10.7. The number of aromatic nitrogens is 2. The maximum absolute atomic E-state index is 13.7. The molecule has 162 valence electrons. The molecule has 0 spiro atoms. The van der Waals surface area contributed by atoms with Crippen LogP contribution in [0.15, 0.2) is 48.2 Å². The number of hydrogen-bond acceptors (Lipinski definition) is 4. The van der Waals surface area contributed by atoms with Crippen molar-refractivity contribution in [2.75, 3.05) is 0 Å². The van der Waals surface area contributed by atoms with Gasteiger partial charge < -0.3 is 15.6 Å². The molecule has 1 aliphatic heterocycles. The van der Waals surface area contributed by atoms with E-state index in [9.17, 15) is 14.0 Å². The van der Waals surface area contributed by atoms with Crippen molar-refractivity contribution in [3.63, 3.8) is 0 Å². The Kier molecular flexibility index (Phi) is 4.89. The Balaban J connectivity index is 1.48. The highest BCUT2D eigenvalue weighted by molar-refractivity contribution is 6.22. The Hall–Kier alpha value is -3.74. The third-order valence-corrected chi connectivity index (χ3v) is 6.00. The zero-order valence-electron chi connectivity index (χ0n) is 17.9. The van der Waals surface area contributed by atoms with Crippen LogP contribution in [0.5, 0.6) is 0 Å². The molecule has 0 fully saturated rings. The molecule has 7 heteroatoms. The van der Waals surface area contributed by atoms with Gasteiger partial charge in [0.1, 0.15) is 11.6 Å². The molecule has 3 N–H and O–H groups in total. The highest BCUT2D eigenvalue weighted by Crippen LogP contribution is 2.28. The van der Waals surface area contributed by atoms with Gasteiger partial charge in [-0.15, -0.1) is 0 Å². The van der Waals surface area contributed by atoms with Crippen molar-refractivity contribution in [3.8, 4) is 0 Å². The molecule has 2 heterocycles. The largest absolute Gasteiger partial charge is 0.382 e. The molecule has 1 aromatic heterocycles. The molecule has 0 saturated heterocycles. The first kappa shape index (κ1) is 20.2. The number of nitrogens with zero attached hydrogens (tertiary/aromatic N) is 1. The van der Waals surface area contributed by atoms with Gasteiger partial charge >= 0.3 is 0 Å². The van der Waals surface area contributed by atoms with Gasteiger partial charge in [-0.05, 0) is 67.3 Å². The third-order valence-electron chi connectivity index (χ3n) is 6.00. The third kappa shape index (κ3) is 3.60. The number of rotatable bonds is 5. The average Bonchev–Trinajstić information content (AvgIpc) is 3.32. The summed E-state index contributed by atoms with van der Waals surface area (Å²) in [6.07, 6.45) is 4.64. The second-order valence-corrected chi connectivity index (χ2v) is 8.43. The normalized spacial score (nSPS) is 16.5. The lowest BCUT2D eigenvalue weighted by Crippen LogP contribution is -2.30. The van der Waals surface area contributed by atoms with Gasteiger partial charge in [0.2, 0.25) is 0 Å². The predicted molar refractivity (Wildman–Crippen MR) is 120 cm³/mol. The molecule has 2 aromatic carbocycles. The van der Waals surface area contributed by atoms with Crippen molar-refractivity contribution in [1.29, 1.82) is 0 Å². The summed E-state index contributed by atoms with van der Waals surface area (Å²) in [4.78, 5) is 32.7. The van der Waals surface area contributed by atoms with Crippen molar-refractivity contribution in [2.45, 2.75) is 39.3 Å². The molecule has 6 nitrogen and oxygen atoms in total. The Labute approximate surface area is 184 Å². The number of nitrogens with one attached hydrogen (secondary N) is 3. The summed E-state index contributed by atoms with van der Waals surface area (Å²) in [5.74, 6) is 0.0861. The van der Waals surface area contributed by atoms with Gasteiger partial charge in [0, 0.05) is 30.3 Å². The maximum Gasteiger partial charge on any atom is 0.251 e. The minimum Gasteiger partial charge on any atom is -0.382 e. The second-order valence-electron chi connectivity index (χ2n) is 8.43. The van der Waals surface area contributed by atoms with Crippen LogP contribution in [-0.2, 0) is 17.8 Å². The lowest BCUT2D eigenvalue weighted by molar-refractivity contribution is -0.113. The molecule has 0 unspecified atom stereocenters. The second kappa shape index (κ2) is 7.75. The Morgan fingerprint density at radius 3 is 2.91 bits per heavy atom. The summed E-state index contributed by atoms with van der Waals surface area (Å²) in [7, 11) is 0. The number of carbonyl (C=O) groups is 2. The Morgan fingerprint density at radius 1 is 1.22 bits per heavy atom. The number of aryl methyl sites for hydroxylation is 1. The van der Waals surface area contributed by atoms with Gasteiger partial charge in [0.05, 0.1) is 16.6 Å². The zero-order valence-corrected chi connectivity index (χ0v) is 17.9. The number of hydrogen-bond donors (Lipinski definition) is 3. The number of fused-ring (bicyclic) bond motifs is 2. The van der Waals surface area contributed by atoms with E-state index in [1.54, 1.807) is 18.2 Å². The van der Waals surface area contributed by atoms with Crippen LogP contribution in [0.2, 0.25) is 0 Å². The van der Waals surface area contributed by atoms with Gasteiger partial charge in [-0.3, -0.25) is 9.59 Å². The SMILES string of the molecule is Cc1ccc(F)cc1C[C@H](C)NC1=C(c2nc3cc4c(cc3[nH]2)CNC4=O)C(=O)CC=C1. The summed E-state index contributed by atoms with van der Waals surface area (Å²) in [6, 6.07) is 8.43. The molecule has 32 heavy (non-hydrogen) atoms. The van der Waals surface area contributed by atoms with E-state index in [0.717, 1.165) is 22.2 Å². The van der Waals surface area contributed by atoms with E-state index >= 15 is 0 Å². The fourth-order valence-electron chi connectivity index (χ4n) is 4.35. The average molecular weight is 430 g/mol. The standard InChI is InChI=1S/C25H23FN4O2/c1-13-6-7-17(26)9-15(13)8-14(2)28-19-4-3-5-22(31)23(19)24-29-20-10-16-12-27-25(32)18(16)11-21(20)30-24/h3-4,6-7,9-11,14,28H,5,8,12H2,1-2H3,(H,27,32)(H,29,30)/t14-/m0/s1. The summed E-state index contributed by atoms with van der Waals surface area (Å²) in [5.41, 5.74) is 6.11. The van der Waals surface area contributed by atoms with Crippen molar-refractivity contribution < 1.29 is 14.0 Å². The Morgan fingerprint density at radius 2 is 2.06 bits per heavy atom. The minimum atomic E-state index is -0.256. The van der Waals surface area contributed by atoms with Crippen molar-refractivity contribution in [3.05, 3.63) is 82.1 Å². The van der Waals surface area contributed by atoms with Crippen LogP contribution >= 0.6 is 0 Å². The highest BCUT2D eigenvalue weighted by atomic mass is 19.1. The molecular formula is C25H23FN4O2. The number of benzene rings is 2. The van der Waals surface area contributed by atoms with Crippen molar-refractivity contribution in [1.82, 2.24) is 20.6 Å². The number of aromatic amines is 1. The summed E-state index contributed by atoms with van der Waals surface area (Å²) < 4.78 is 13.7. The fraction of sp³-hybridized carbons (Fsp3) is 0.240. The monoisotopic (exact) mass is 430 g/mol. The molecular weight excluding hydrogens is 407 g/mol. The summed E-state index contributed by atoms with van der Waals surface area (Å²) >= 11 is 0. The lowest BCUT2D eigenvalue weighted by Gasteiger charge is -2.21. The van der Waals surface area contributed by atoms with Crippen LogP contribution in [0, 0.1) is 12.7 Å². The van der Waals surface area contributed by atoms with Crippen LogP contribution in [-0.4, -0.2) is 27.7 Å². The van der Waals surface area contributed by atoms with Crippen LogP contribution in [0.1, 0.15) is 46.2 Å².